The van der Waals surface area contributed by atoms with Crippen LogP contribution in [0.1, 0.15) is 11.1 Å². The summed E-state index contributed by atoms with van der Waals surface area (Å²) in [7, 11) is 0. The monoisotopic (exact) mass is 371 g/mol. The number of rotatable bonds is 2. The molecule has 140 valence electrons. The lowest BCUT2D eigenvalue weighted by Gasteiger charge is -2.16. The number of nitrogens with zero attached hydrogens (tertiary/aromatic N) is 2. The Hall–Kier alpha value is -3.73. The molecule has 0 saturated carbocycles. The molecule has 0 aliphatic heterocycles. The third kappa shape index (κ3) is 2.68. The Bertz CT molecular complexity index is 1180. The second kappa shape index (κ2) is 6.78. The van der Waals surface area contributed by atoms with E-state index in [1.54, 1.807) is 16.7 Å². The summed E-state index contributed by atoms with van der Waals surface area (Å²) in [6.45, 7) is 4.11. The number of hydrogen-bond donors (Lipinski definition) is 3. The normalized spacial score (nSPS) is 11.9. The maximum Gasteiger partial charge on any atom is 0.242 e. The second-order valence-corrected chi connectivity index (χ2v) is 6.85. The van der Waals surface area contributed by atoms with Gasteiger partial charge in [-0.1, -0.05) is 53.7 Å². The van der Waals surface area contributed by atoms with Crippen molar-refractivity contribution in [1.29, 1.82) is 0 Å². The molecule has 0 aliphatic rings. The largest absolute Gasteiger partial charge is 0.508 e. The number of phenols is 1. The highest BCUT2D eigenvalue weighted by Crippen LogP contribution is 2.43. The summed E-state index contributed by atoms with van der Waals surface area (Å²) in [6.07, 6.45) is 0. The van der Waals surface area contributed by atoms with E-state index in [1.165, 1.54) is 0 Å². The van der Waals surface area contributed by atoms with Gasteiger partial charge >= 0.3 is 0 Å². The number of oxime groups is 1. The summed E-state index contributed by atoms with van der Waals surface area (Å²) in [5, 5.41) is 23.5. The van der Waals surface area contributed by atoms with Gasteiger partial charge < -0.3 is 16.0 Å². The average molecular weight is 371 g/mol. The Labute approximate surface area is 163 Å². The molecule has 1 heterocycles. The second-order valence-electron chi connectivity index (χ2n) is 6.85. The van der Waals surface area contributed by atoms with E-state index in [4.69, 9.17) is 5.73 Å². The molecular weight excluding hydrogens is 350 g/mol. The molecule has 4 aromatic rings. The lowest BCUT2D eigenvalue weighted by Crippen LogP contribution is -2.23. The third-order valence-electron chi connectivity index (χ3n) is 5.08. The van der Waals surface area contributed by atoms with Gasteiger partial charge in [0.05, 0.1) is 11.2 Å². The maximum atomic E-state index is 9.75. The number of phenolic OH excluding ortho intramolecular Hbond substituents is 1. The van der Waals surface area contributed by atoms with Gasteiger partial charge in [0, 0.05) is 16.5 Å². The SMILES string of the molecule is Cc1cccc(C)c1-c1c(-c2ccc(O)cc2)c2ccccc2n1C(N)=NO. The number of para-hydroxylation sites is 1. The Morgan fingerprint density at radius 1 is 0.857 bits per heavy atom. The fourth-order valence-electron chi connectivity index (χ4n) is 3.87. The van der Waals surface area contributed by atoms with Gasteiger partial charge in [0.15, 0.2) is 0 Å². The number of nitrogens with two attached hydrogens (primary N) is 1. The lowest BCUT2D eigenvalue weighted by atomic mass is 9.93. The van der Waals surface area contributed by atoms with Crippen molar-refractivity contribution in [3.05, 3.63) is 77.9 Å². The van der Waals surface area contributed by atoms with Crippen LogP contribution in [0.5, 0.6) is 5.75 Å². The van der Waals surface area contributed by atoms with E-state index in [1.807, 2.05) is 42.5 Å². The predicted octanol–water partition coefficient (Wildman–Crippen LogP) is 4.85. The first kappa shape index (κ1) is 17.7. The van der Waals surface area contributed by atoms with Crippen molar-refractivity contribution < 1.29 is 10.3 Å². The van der Waals surface area contributed by atoms with Crippen LogP contribution < -0.4 is 5.73 Å². The van der Waals surface area contributed by atoms with Crippen molar-refractivity contribution in [2.24, 2.45) is 10.9 Å². The van der Waals surface area contributed by atoms with Crippen LogP contribution in [0.3, 0.4) is 0 Å². The van der Waals surface area contributed by atoms with Gasteiger partial charge in [0.2, 0.25) is 5.96 Å². The van der Waals surface area contributed by atoms with Gasteiger partial charge in [-0.25, -0.2) is 0 Å². The fraction of sp³-hybridized carbons (Fsp3) is 0.0870. The Morgan fingerprint density at radius 2 is 1.50 bits per heavy atom. The number of aromatic nitrogens is 1. The van der Waals surface area contributed by atoms with Gasteiger partial charge in [-0.15, -0.1) is 0 Å². The maximum absolute atomic E-state index is 9.75. The molecule has 0 fully saturated rings. The van der Waals surface area contributed by atoms with Crippen LogP contribution in [0.25, 0.3) is 33.3 Å². The number of aromatic hydroxyl groups is 1. The van der Waals surface area contributed by atoms with Crippen LogP contribution in [-0.2, 0) is 0 Å². The molecule has 5 heteroatoms. The lowest BCUT2D eigenvalue weighted by molar-refractivity contribution is 0.316. The molecular formula is C23H21N3O2. The molecule has 0 atom stereocenters. The van der Waals surface area contributed by atoms with Crippen LogP contribution >= 0.6 is 0 Å². The van der Waals surface area contributed by atoms with Crippen molar-refractivity contribution in [2.45, 2.75) is 13.8 Å². The van der Waals surface area contributed by atoms with E-state index >= 15 is 0 Å². The smallest absolute Gasteiger partial charge is 0.242 e. The quantitative estimate of drug-likeness (QED) is 0.204. The van der Waals surface area contributed by atoms with E-state index in [0.717, 1.165) is 44.4 Å². The van der Waals surface area contributed by atoms with Crippen LogP contribution in [-0.4, -0.2) is 20.8 Å². The van der Waals surface area contributed by atoms with E-state index in [2.05, 4.69) is 31.1 Å². The highest BCUT2D eigenvalue weighted by atomic mass is 16.4. The van der Waals surface area contributed by atoms with Crippen molar-refractivity contribution in [3.63, 3.8) is 0 Å². The summed E-state index contributed by atoms with van der Waals surface area (Å²) in [5.41, 5.74) is 13.0. The van der Waals surface area contributed by atoms with Crippen LogP contribution in [0.4, 0.5) is 0 Å². The topological polar surface area (TPSA) is 83.8 Å². The zero-order valence-electron chi connectivity index (χ0n) is 15.7. The summed E-state index contributed by atoms with van der Waals surface area (Å²) in [5.74, 6) is 0.205. The van der Waals surface area contributed by atoms with Crippen LogP contribution in [0.2, 0.25) is 0 Å². The molecule has 0 bridgehead atoms. The van der Waals surface area contributed by atoms with Crippen molar-refractivity contribution in [2.75, 3.05) is 0 Å². The molecule has 3 aromatic carbocycles. The number of benzene rings is 3. The molecule has 0 spiro atoms. The molecule has 0 radical (unpaired) electrons. The first-order valence-corrected chi connectivity index (χ1v) is 9.00. The van der Waals surface area contributed by atoms with Crippen molar-refractivity contribution in [1.82, 2.24) is 4.57 Å². The van der Waals surface area contributed by atoms with Crippen molar-refractivity contribution in [3.8, 4) is 28.1 Å². The zero-order chi connectivity index (χ0) is 19.8. The first-order chi connectivity index (χ1) is 13.5. The summed E-state index contributed by atoms with van der Waals surface area (Å²) < 4.78 is 1.78. The zero-order valence-corrected chi connectivity index (χ0v) is 15.7. The molecule has 4 rings (SSSR count). The molecule has 0 saturated heterocycles. The van der Waals surface area contributed by atoms with Crippen LogP contribution in [0.15, 0.2) is 71.9 Å². The number of hydrogen-bond acceptors (Lipinski definition) is 3. The minimum Gasteiger partial charge on any atom is -0.508 e. The van der Waals surface area contributed by atoms with Gasteiger partial charge in [0.1, 0.15) is 5.75 Å². The van der Waals surface area contributed by atoms with Gasteiger partial charge in [-0.2, -0.15) is 0 Å². The highest BCUT2D eigenvalue weighted by Gasteiger charge is 2.24. The Morgan fingerprint density at radius 3 is 2.14 bits per heavy atom. The highest BCUT2D eigenvalue weighted by molar-refractivity contribution is 6.10. The molecule has 0 aliphatic carbocycles. The Balaban J connectivity index is 2.24. The van der Waals surface area contributed by atoms with E-state index in [9.17, 15) is 10.3 Å². The Kier molecular flexibility index (Phi) is 4.28. The van der Waals surface area contributed by atoms with Crippen molar-refractivity contribution >= 4 is 16.9 Å². The van der Waals surface area contributed by atoms with Gasteiger partial charge in [-0.3, -0.25) is 4.57 Å². The summed E-state index contributed by atoms with van der Waals surface area (Å²) >= 11 is 0. The predicted molar refractivity (Wildman–Crippen MR) is 113 cm³/mol. The molecule has 28 heavy (non-hydrogen) atoms. The molecule has 5 nitrogen and oxygen atoms in total. The minimum absolute atomic E-state index is 0.00104. The first-order valence-electron chi connectivity index (χ1n) is 9.00. The number of aryl methyl sites for hydroxylation is 2. The number of fused-ring (bicyclic) bond motifs is 1. The van der Waals surface area contributed by atoms with Crippen LogP contribution in [0, 0.1) is 13.8 Å². The molecule has 0 unspecified atom stereocenters. The molecule has 4 N–H and O–H groups in total. The van der Waals surface area contributed by atoms with E-state index in [-0.39, 0.29) is 11.7 Å². The molecule has 0 amide bonds. The summed E-state index contributed by atoms with van der Waals surface area (Å²) in [4.78, 5) is 0. The van der Waals surface area contributed by atoms with E-state index < -0.39 is 0 Å². The standard InChI is InChI=1S/C23H21N3O2/c1-14-6-5-7-15(2)20(14)22-21(16-10-12-17(27)13-11-16)18-8-3-4-9-19(18)26(22)23(24)25-28/h3-13,27-28H,1-2H3,(H2,24,25). The average Bonchev–Trinajstić information content (AvgIpc) is 3.03. The summed E-state index contributed by atoms with van der Waals surface area (Å²) in [6, 6.07) is 21.1. The fourth-order valence-corrected chi connectivity index (χ4v) is 3.87. The third-order valence-corrected chi connectivity index (χ3v) is 5.08. The van der Waals surface area contributed by atoms with Gasteiger partial charge in [-0.05, 0) is 48.7 Å². The van der Waals surface area contributed by atoms with E-state index in [0.29, 0.717) is 0 Å². The molecule has 1 aromatic heterocycles. The van der Waals surface area contributed by atoms with Gasteiger partial charge in [0.25, 0.3) is 0 Å². The minimum atomic E-state index is -0.00104.